The van der Waals surface area contributed by atoms with E-state index in [0.717, 1.165) is 28.2 Å². The number of amides is 1. The maximum Gasteiger partial charge on any atom is 0.342 e. The van der Waals surface area contributed by atoms with Crippen LogP contribution in [0.4, 0.5) is 0 Å². The first kappa shape index (κ1) is 23.9. The molecule has 8 nitrogen and oxygen atoms in total. The standard InChI is InChI=1S/C26H23N5O3S/c1-17-3-9-20(10-4-17)24-29-30-26(31(24)22-13-5-18(2)6-14-22)35-16-23(32)28-27-15-19-7-11-21(12-8-19)25(33)34/h3-15H,16H2,1-2H3,(H2,28,32,33,34)/b27-15+. The molecule has 3 aromatic carbocycles. The molecule has 0 atom stereocenters. The number of carboxylic acids is 1. The number of hydrogen-bond acceptors (Lipinski definition) is 6. The molecule has 35 heavy (non-hydrogen) atoms. The van der Waals surface area contributed by atoms with Crippen molar-refractivity contribution in [2.75, 3.05) is 5.75 Å². The lowest BCUT2D eigenvalue weighted by Crippen LogP contribution is -2.34. The van der Waals surface area contributed by atoms with Crippen LogP contribution in [0.2, 0.25) is 0 Å². The second-order valence-electron chi connectivity index (χ2n) is 7.88. The molecule has 4 rings (SSSR count). The lowest BCUT2D eigenvalue weighted by molar-refractivity contribution is -0.625. The zero-order valence-electron chi connectivity index (χ0n) is 19.2. The molecule has 1 amide bonds. The Morgan fingerprint density at radius 3 is 2.26 bits per heavy atom. The highest BCUT2D eigenvalue weighted by atomic mass is 32.2. The number of benzene rings is 3. The third-order valence-electron chi connectivity index (χ3n) is 5.17. The number of carboxylic acid groups (broad SMARTS) is 1. The Hall–Kier alpha value is -4.24. The summed E-state index contributed by atoms with van der Waals surface area (Å²) in [6.45, 7) is 4.07. The van der Waals surface area contributed by atoms with Crippen LogP contribution in [0.1, 0.15) is 27.0 Å². The minimum Gasteiger partial charge on any atom is -0.545 e. The van der Waals surface area contributed by atoms with Crippen LogP contribution < -0.4 is 15.1 Å². The van der Waals surface area contributed by atoms with Crippen LogP contribution in [0.3, 0.4) is 0 Å². The molecule has 0 bridgehead atoms. The number of carbonyl (C=O) groups is 2. The quantitative estimate of drug-likeness (QED) is 0.172. The first-order chi connectivity index (χ1) is 16.9. The number of hydrazone groups is 1. The first-order valence-electron chi connectivity index (χ1n) is 10.8. The number of H-pyrrole nitrogens is 1. The molecule has 9 heteroatoms. The molecule has 1 heterocycles. The average molecular weight is 486 g/mol. The first-order valence-corrected chi connectivity index (χ1v) is 11.8. The number of rotatable bonds is 8. The maximum absolute atomic E-state index is 12.4. The summed E-state index contributed by atoms with van der Waals surface area (Å²) >= 11 is 1.29. The third kappa shape index (κ3) is 6.01. The van der Waals surface area contributed by atoms with Crippen LogP contribution in [0.25, 0.3) is 17.1 Å². The van der Waals surface area contributed by atoms with Gasteiger partial charge in [0.05, 0.1) is 28.6 Å². The Balaban J connectivity index is 1.47. The van der Waals surface area contributed by atoms with Gasteiger partial charge in [-0.2, -0.15) is 9.67 Å². The van der Waals surface area contributed by atoms with Crippen LogP contribution in [0.15, 0.2) is 83.1 Å². The van der Waals surface area contributed by atoms with Crippen molar-refractivity contribution in [3.63, 3.8) is 0 Å². The van der Waals surface area contributed by atoms with Crippen molar-refractivity contribution >= 4 is 29.9 Å². The molecule has 0 aliphatic rings. The van der Waals surface area contributed by atoms with Crippen LogP contribution in [0.5, 0.6) is 0 Å². The lowest BCUT2D eigenvalue weighted by atomic mass is 10.1. The van der Waals surface area contributed by atoms with Crippen LogP contribution in [-0.2, 0) is 4.79 Å². The summed E-state index contributed by atoms with van der Waals surface area (Å²) in [7, 11) is 0. The zero-order valence-corrected chi connectivity index (χ0v) is 20.0. The Kier molecular flexibility index (Phi) is 7.37. The Labute approximate surface area is 206 Å². The minimum absolute atomic E-state index is 0.0773. The third-order valence-corrected chi connectivity index (χ3v) is 6.11. The Morgan fingerprint density at radius 2 is 1.63 bits per heavy atom. The van der Waals surface area contributed by atoms with Gasteiger partial charge in [-0.05, 0) is 61.0 Å². The van der Waals surface area contributed by atoms with Crippen molar-refractivity contribution in [3.05, 3.63) is 95.1 Å². The number of carbonyl (C=O) groups excluding carboxylic acids is 2. The predicted octanol–water partition coefficient (Wildman–Crippen LogP) is 2.58. The van der Waals surface area contributed by atoms with E-state index in [9.17, 15) is 14.7 Å². The van der Waals surface area contributed by atoms with E-state index in [4.69, 9.17) is 0 Å². The SMILES string of the molecule is Cc1ccc(-c2[nH]nc(SCC(=O)N/N=C/c3ccc(C(=O)[O-])cc3)[n+]2-c2ccc(C)cc2)cc1. The highest BCUT2D eigenvalue weighted by molar-refractivity contribution is 7.99. The summed E-state index contributed by atoms with van der Waals surface area (Å²) in [4.78, 5) is 23.2. The number of thioether (sulfide) groups is 1. The summed E-state index contributed by atoms with van der Waals surface area (Å²) in [5.41, 5.74) is 7.43. The van der Waals surface area contributed by atoms with Crippen molar-refractivity contribution in [2.45, 2.75) is 19.0 Å². The number of nitrogens with one attached hydrogen (secondary N) is 2. The monoisotopic (exact) mass is 485 g/mol. The van der Waals surface area contributed by atoms with Gasteiger partial charge in [-0.25, -0.2) is 5.43 Å². The molecule has 0 saturated carbocycles. The molecular formula is C26H23N5O3S. The van der Waals surface area contributed by atoms with Gasteiger partial charge in [0.1, 0.15) is 5.69 Å². The topological polar surface area (TPSA) is 114 Å². The summed E-state index contributed by atoms with van der Waals surface area (Å²) in [6, 6.07) is 22.2. The van der Waals surface area contributed by atoms with Crippen molar-refractivity contribution < 1.29 is 19.3 Å². The van der Waals surface area contributed by atoms with Gasteiger partial charge in [0.25, 0.3) is 11.7 Å². The molecule has 4 aromatic rings. The highest BCUT2D eigenvalue weighted by Crippen LogP contribution is 2.21. The van der Waals surface area contributed by atoms with Gasteiger partial charge < -0.3 is 9.90 Å². The predicted molar refractivity (Wildman–Crippen MR) is 132 cm³/mol. The molecule has 176 valence electrons. The van der Waals surface area contributed by atoms with E-state index in [1.807, 2.05) is 66.9 Å². The van der Waals surface area contributed by atoms with Gasteiger partial charge in [-0.1, -0.05) is 59.7 Å². The van der Waals surface area contributed by atoms with E-state index in [0.29, 0.717) is 10.7 Å². The zero-order chi connectivity index (χ0) is 24.8. The summed E-state index contributed by atoms with van der Waals surface area (Å²) in [5, 5.41) is 23.0. The smallest absolute Gasteiger partial charge is 0.342 e. The van der Waals surface area contributed by atoms with Gasteiger partial charge in [-0.15, -0.1) is 5.10 Å². The Bertz CT molecular complexity index is 1360. The van der Waals surface area contributed by atoms with E-state index in [2.05, 4.69) is 20.7 Å². The molecule has 0 saturated heterocycles. The van der Waals surface area contributed by atoms with Crippen molar-refractivity contribution in [1.82, 2.24) is 15.6 Å². The second-order valence-corrected chi connectivity index (χ2v) is 8.83. The van der Waals surface area contributed by atoms with Crippen molar-refractivity contribution in [2.24, 2.45) is 5.10 Å². The fourth-order valence-electron chi connectivity index (χ4n) is 3.28. The molecule has 0 radical (unpaired) electrons. The molecular weight excluding hydrogens is 462 g/mol. The van der Waals surface area contributed by atoms with Gasteiger partial charge in [0.2, 0.25) is 0 Å². The Morgan fingerprint density at radius 1 is 1.00 bits per heavy atom. The van der Waals surface area contributed by atoms with Gasteiger partial charge in [-0.3, -0.25) is 4.79 Å². The lowest BCUT2D eigenvalue weighted by Gasteiger charge is -2.05. The number of aryl methyl sites for hydroxylation is 2. The number of nitrogens with zero attached hydrogens (tertiary/aromatic N) is 3. The summed E-state index contributed by atoms with van der Waals surface area (Å²) in [5.74, 6) is -0.626. The van der Waals surface area contributed by atoms with Crippen LogP contribution in [-0.4, -0.2) is 34.0 Å². The number of hydrogen-bond donors (Lipinski definition) is 2. The molecule has 0 fully saturated rings. The summed E-state index contributed by atoms with van der Waals surface area (Å²) in [6.07, 6.45) is 1.44. The normalized spacial score (nSPS) is 11.0. The molecule has 0 spiro atoms. The minimum atomic E-state index is -1.24. The van der Waals surface area contributed by atoms with Crippen LogP contribution >= 0.6 is 11.8 Å². The number of aromatic carboxylic acids is 1. The summed E-state index contributed by atoms with van der Waals surface area (Å²) < 4.78 is 1.99. The van der Waals surface area contributed by atoms with Crippen molar-refractivity contribution in [1.29, 1.82) is 0 Å². The van der Waals surface area contributed by atoms with Gasteiger partial charge >= 0.3 is 5.16 Å². The van der Waals surface area contributed by atoms with Gasteiger partial charge in [0.15, 0.2) is 0 Å². The van der Waals surface area contributed by atoms with Crippen molar-refractivity contribution in [3.8, 4) is 17.1 Å². The van der Waals surface area contributed by atoms with Crippen LogP contribution in [0, 0.1) is 13.8 Å². The molecule has 1 aromatic heterocycles. The van der Waals surface area contributed by atoms with E-state index in [1.165, 1.54) is 30.1 Å². The second kappa shape index (κ2) is 10.8. The fraction of sp³-hybridized carbons (Fsp3) is 0.115. The van der Waals surface area contributed by atoms with E-state index in [1.54, 1.807) is 12.1 Å². The number of aromatic amines is 1. The molecule has 0 unspecified atom stereocenters. The largest absolute Gasteiger partial charge is 0.545 e. The molecule has 0 aliphatic carbocycles. The highest BCUT2D eigenvalue weighted by Gasteiger charge is 2.24. The van der Waals surface area contributed by atoms with E-state index in [-0.39, 0.29) is 17.2 Å². The average Bonchev–Trinajstić information content (AvgIpc) is 3.28. The maximum atomic E-state index is 12.4. The molecule has 0 aliphatic heterocycles. The molecule has 2 N–H and O–H groups in total. The fourth-order valence-corrected chi connectivity index (χ4v) is 4.04. The van der Waals surface area contributed by atoms with E-state index < -0.39 is 5.97 Å². The van der Waals surface area contributed by atoms with Gasteiger partial charge in [0, 0.05) is 0 Å². The number of aromatic nitrogens is 3. The van der Waals surface area contributed by atoms with E-state index >= 15 is 0 Å².